The Kier molecular flexibility index (Phi) is 8.84. The van der Waals surface area contributed by atoms with Crippen LogP contribution in [0.2, 0.25) is 0 Å². The fraction of sp³-hybridized carbons (Fsp3) is 0.448. The molecule has 0 aliphatic carbocycles. The van der Waals surface area contributed by atoms with E-state index in [1.54, 1.807) is 57.2 Å². The molecular formula is C29H36BrN3O6S. The minimum Gasteiger partial charge on any atom is -0.467 e. The molecule has 0 spiro atoms. The van der Waals surface area contributed by atoms with Gasteiger partial charge in [-0.05, 0) is 78.3 Å². The van der Waals surface area contributed by atoms with Crippen LogP contribution in [0.15, 0.2) is 67.9 Å². The van der Waals surface area contributed by atoms with Gasteiger partial charge in [0.05, 0.1) is 41.9 Å². The SMILES string of the molecule is COC(=O)C1(C(=O)OC)C(=NC(C)(C)C)C(=NC(C)(C)C)C(c2ccc(Br)cc2)N1S(=O)(=O)c1ccc(C)cc1. The Morgan fingerprint density at radius 2 is 1.32 bits per heavy atom. The summed E-state index contributed by atoms with van der Waals surface area (Å²) in [6.45, 7) is 12.7. The van der Waals surface area contributed by atoms with Gasteiger partial charge in [-0.15, -0.1) is 0 Å². The van der Waals surface area contributed by atoms with Crippen LogP contribution in [-0.2, 0) is 29.1 Å². The first-order valence-electron chi connectivity index (χ1n) is 12.6. The monoisotopic (exact) mass is 633 g/mol. The lowest BCUT2D eigenvalue weighted by Gasteiger charge is -2.35. The number of hydrogen-bond acceptors (Lipinski definition) is 8. The summed E-state index contributed by atoms with van der Waals surface area (Å²) in [5.41, 5.74) is -2.91. The lowest BCUT2D eigenvalue weighted by Crippen LogP contribution is -2.63. The lowest BCUT2D eigenvalue weighted by molar-refractivity contribution is -0.162. The minimum atomic E-state index is -4.60. The summed E-state index contributed by atoms with van der Waals surface area (Å²) >= 11 is 3.42. The molecule has 40 heavy (non-hydrogen) atoms. The number of nitrogens with zero attached hydrogens (tertiary/aromatic N) is 3. The van der Waals surface area contributed by atoms with E-state index in [0.29, 0.717) is 5.56 Å². The molecule has 1 heterocycles. The smallest absolute Gasteiger partial charge is 0.345 e. The number of rotatable bonds is 5. The molecule has 11 heteroatoms. The molecule has 9 nitrogen and oxygen atoms in total. The van der Waals surface area contributed by atoms with Crippen LogP contribution in [0.25, 0.3) is 0 Å². The number of aliphatic imine (C=N–C) groups is 2. The number of halogens is 1. The van der Waals surface area contributed by atoms with E-state index in [-0.39, 0.29) is 16.3 Å². The van der Waals surface area contributed by atoms with Crippen molar-refractivity contribution in [1.29, 1.82) is 0 Å². The number of methoxy groups -OCH3 is 2. The summed E-state index contributed by atoms with van der Waals surface area (Å²) in [6.07, 6.45) is 0. The molecule has 216 valence electrons. The van der Waals surface area contributed by atoms with Crippen molar-refractivity contribution in [3.05, 3.63) is 64.1 Å². The van der Waals surface area contributed by atoms with Crippen molar-refractivity contribution in [2.24, 2.45) is 9.98 Å². The zero-order valence-electron chi connectivity index (χ0n) is 24.3. The van der Waals surface area contributed by atoms with Crippen molar-refractivity contribution in [2.45, 2.75) is 76.0 Å². The largest absolute Gasteiger partial charge is 0.467 e. The molecule has 1 fully saturated rings. The van der Waals surface area contributed by atoms with Crippen LogP contribution in [0, 0.1) is 6.92 Å². The van der Waals surface area contributed by atoms with Crippen molar-refractivity contribution in [3.8, 4) is 0 Å². The van der Waals surface area contributed by atoms with Crippen LogP contribution in [0.5, 0.6) is 0 Å². The van der Waals surface area contributed by atoms with Crippen LogP contribution >= 0.6 is 15.9 Å². The van der Waals surface area contributed by atoms with Gasteiger partial charge in [0.15, 0.2) is 0 Å². The molecule has 3 rings (SSSR count). The topological polar surface area (TPSA) is 115 Å². The number of benzene rings is 2. The van der Waals surface area contributed by atoms with Gasteiger partial charge in [0, 0.05) is 4.47 Å². The molecule has 1 saturated heterocycles. The fourth-order valence-corrected chi connectivity index (χ4v) is 6.57. The van der Waals surface area contributed by atoms with Crippen LogP contribution in [0.1, 0.15) is 58.7 Å². The first-order chi connectivity index (χ1) is 18.4. The van der Waals surface area contributed by atoms with Gasteiger partial charge in [0.2, 0.25) is 10.0 Å². The molecule has 1 aliphatic rings. The molecule has 0 saturated carbocycles. The number of hydrogen-bond donors (Lipinski definition) is 0. The fourth-order valence-electron chi connectivity index (χ4n) is 4.51. The Labute approximate surface area is 244 Å². The first kappa shape index (κ1) is 31.6. The van der Waals surface area contributed by atoms with Crippen LogP contribution in [-0.4, -0.2) is 66.9 Å². The second-order valence-electron chi connectivity index (χ2n) is 11.6. The Morgan fingerprint density at radius 3 is 1.75 bits per heavy atom. The van der Waals surface area contributed by atoms with Crippen LogP contribution in [0.4, 0.5) is 0 Å². The predicted molar refractivity (Wildman–Crippen MR) is 158 cm³/mol. The third-order valence-corrected chi connectivity index (χ3v) is 8.44. The highest BCUT2D eigenvalue weighted by Gasteiger charge is 2.71. The molecule has 0 radical (unpaired) electrons. The Morgan fingerprint density at radius 1 is 0.850 bits per heavy atom. The molecular weight excluding hydrogens is 598 g/mol. The van der Waals surface area contributed by atoms with Gasteiger partial charge in [0.25, 0.3) is 5.54 Å². The minimum absolute atomic E-state index is 0.121. The van der Waals surface area contributed by atoms with Crippen molar-refractivity contribution in [2.75, 3.05) is 14.2 Å². The van der Waals surface area contributed by atoms with E-state index < -0.39 is 44.6 Å². The van der Waals surface area contributed by atoms with Gasteiger partial charge in [0.1, 0.15) is 5.71 Å². The van der Waals surface area contributed by atoms with E-state index in [1.165, 1.54) is 12.1 Å². The van der Waals surface area contributed by atoms with Crippen molar-refractivity contribution < 1.29 is 27.5 Å². The Balaban J connectivity index is 2.67. The van der Waals surface area contributed by atoms with Crippen LogP contribution in [0.3, 0.4) is 0 Å². The molecule has 0 aromatic heterocycles. The zero-order valence-corrected chi connectivity index (χ0v) is 26.7. The molecule has 1 aliphatic heterocycles. The Bertz CT molecular complexity index is 1440. The number of esters is 2. The highest BCUT2D eigenvalue weighted by atomic mass is 79.9. The first-order valence-corrected chi connectivity index (χ1v) is 14.9. The molecule has 0 amide bonds. The molecule has 1 atom stereocenters. The van der Waals surface area contributed by atoms with E-state index >= 15 is 0 Å². The molecule has 0 bridgehead atoms. The number of carbonyl (C=O) groups is 2. The summed E-state index contributed by atoms with van der Waals surface area (Å²) in [6, 6.07) is 11.8. The van der Waals surface area contributed by atoms with E-state index in [2.05, 4.69) is 15.9 Å². The molecule has 2 aromatic carbocycles. The normalized spacial score (nSPS) is 20.1. The van der Waals surface area contributed by atoms with Gasteiger partial charge in [-0.25, -0.2) is 18.0 Å². The highest BCUT2D eigenvalue weighted by Crippen LogP contribution is 2.46. The quantitative estimate of drug-likeness (QED) is 0.335. The standard InChI is InChI=1S/C29H36BrN3O6S/c1-18-10-16-21(17-11-18)40(36,37)33-23(19-12-14-20(30)15-13-19)22(31-27(2,3)4)24(32-28(5,6)7)29(33,25(34)38-8)26(35)39-9/h10-17,23H,1-9H3. The third-order valence-electron chi connectivity index (χ3n) is 6.04. The summed E-state index contributed by atoms with van der Waals surface area (Å²) in [7, 11) is -2.42. The maximum Gasteiger partial charge on any atom is 0.345 e. The average molecular weight is 635 g/mol. The number of sulfonamides is 1. The highest BCUT2D eigenvalue weighted by molar-refractivity contribution is 9.10. The van der Waals surface area contributed by atoms with Crippen molar-refractivity contribution in [1.82, 2.24) is 4.31 Å². The predicted octanol–water partition coefficient (Wildman–Crippen LogP) is 5.07. The van der Waals surface area contributed by atoms with Crippen molar-refractivity contribution >= 4 is 49.3 Å². The van der Waals surface area contributed by atoms with E-state index in [4.69, 9.17) is 19.5 Å². The Hall–Kier alpha value is -2.89. The summed E-state index contributed by atoms with van der Waals surface area (Å²) in [5, 5.41) is 0. The van der Waals surface area contributed by atoms with Gasteiger partial charge in [-0.2, -0.15) is 4.31 Å². The summed E-state index contributed by atoms with van der Waals surface area (Å²) < 4.78 is 41.3. The molecule has 0 N–H and O–H groups in total. The number of aryl methyl sites for hydroxylation is 1. The van der Waals surface area contributed by atoms with Crippen molar-refractivity contribution in [3.63, 3.8) is 0 Å². The molecule has 1 unspecified atom stereocenters. The lowest BCUT2D eigenvalue weighted by atomic mass is 9.91. The number of carbonyl (C=O) groups excluding carboxylic acids is 2. The van der Waals surface area contributed by atoms with Crippen LogP contribution < -0.4 is 0 Å². The van der Waals surface area contributed by atoms with E-state index in [1.807, 2.05) is 27.7 Å². The number of ether oxygens (including phenoxy) is 2. The van der Waals surface area contributed by atoms with Gasteiger partial charge in [-0.3, -0.25) is 9.98 Å². The van der Waals surface area contributed by atoms with E-state index in [0.717, 1.165) is 28.6 Å². The third kappa shape index (κ3) is 5.91. The van der Waals surface area contributed by atoms with E-state index in [9.17, 15) is 18.0 Å². The van der Waals surface area contributed by atoms with Gasteiger partial charge >= 0.3 is 11.9 Å². The maximum absolute atomic E-state index is 14.7. The van der Waals surface area contributed by atoms with Gasteiger partial charge in [-0.1, -0.05) is 45.8 Å². The second kappa shape index (κ2) is 11.2. The average Bonchev–Trinajstić information content (AvgIpc) is 3.12. The molecule has 2 aromatic rings. The summed E-state index contributed by atoms with van der Waals surface area (Å²) in [5.74, 6) is -2.31. The van der Waals surface area contributed by atoms with Gasteiger partial charge < -0.3 is 9.47 Å². The second-order valence-corrected chi connectivity index (χ2v) is 14.3. The zero-order chi connectivity index (χ0) is 30.3. The maximum atomic E-state index is 14.7. The summed E-state index contributed by atoms with van der Waals surface area (Å²) in [4.78, 5) is 37.5.